The van der Waals surface area contributed by atoms with Crippen LogP contribution in [0.3, 0.4) is 0 Å². The Balaban J connectivity index is 1.81. The molecule has 1 fully saturated rings. The number of carbonyl (C=O) groups excluding carboxylic acids is 1. The number of amides is 1. The third kappa shape index (κ3) is 3.77. The van der Waals surface area contributed by atoms with Crippen LogP contribution in [0.25, 0.3) is 11.3 Å². The monoisotopic (exact) mass is 391 g/mol. The number of likely N-dealkylation sites (tertiary alicyclic amines) is 1. The number of aliphatic hydroxyl groups excluding tert-OH is 2. The molecule has 6 heteroatoms. The fourth-order valence-electron chi connectivity index (χ4n) is 3.91. The molecule has 2 heterocycles. The Morgan fingerprint density at radius 1 is 1.41 bits per heavy atom. The van der Waals surface area contributed by atoms with Crippen molar-refractivity contribution in [3.63, 3.8) is 0 Å². The van der Waals surface area contributed by atoms with Crippen LogP contribution < -0.4 is 0 Å². The number of β-amino-alcohol motifs (C(OH)–C–C–N with tert-alkyl or cyclic N) is 1. The molecule has 2 aromatic rings. The minimum absolute atomic E-state index is 0.0641. The molecular weight excluding hydrogens is 366 g/mol. The van der Waals surface area contributed by atoms with Crippen molar-refractivity contribution >= 4 is 17.5 Å². The first-order chi connectivity index (χ1) is 12.9. The number of rotatable bonds is 5. The molecular formula is C21H26ClNO4. The third-order valence-corrected chi connectivity index (χ3v) is 5.95. The van der Waals surface area contributed by atoms with E-state index in [1.807, 2.05) is 25.1 Å². The zero-order chi connectivity index (χ0) is 19.6. The van der Waals surface area contributed by atoms with Crippen molar-refractivity contribution in [2.45, 2.75) is 39.2 Å². The second-order valence-electron chi connectivity index (χ2n) is 7.35. The summed E-state index contributed by atoms with van der Waals surface area (Å²) < 4.78 is 5.79. The van der Waals surface area contributed by atoms with E-state index in [1.54, 1.807) is 24.0 Å². The Labute approximate surface area is 164 Å². The zero-order valence-electron chi connectivity index (χ0n) is 15.7. The lowest BCUT2D eigenvalue weighted by atomic mass is 9.73. The molecule has 0 spiro atoms. The number of piperidine rings is 1. The Morgan fingerprint density at radius 3 is 2.78 bits per heavy atom. The minimum Gasteiger partial charge on any atom is -0.460 e. The Hall–Kier alpha value is -1.82. The lowest BCUT2D eigenvalue weighted by molar-refractivity contribution is -0.0713. The van der Waals surface area contributed by atoms with Crippen molar-refractivity contribution in [3.05, 3.63) is 46.7 Å². The van der Waals surface area contributed by atoms with Gasteiger partial charge in [0.05, 0.1) is 23.3 Å². The topological polar surface area (TPSA) is 73.9 Å². The molecule has 2 N–H and O–H groups in total. The van der Waals surface area contributed by atoms with Crippen LogP contribution in [-0.4, -0.2) is 46.8 Å². The highest BCUT2D eigenvalue weighted by molar-refractivity contribution is 6.33. The van der Waals surface area contributed by atoms with Gasteiger partial charge in [-0.25, -0.2) is 0 Å². The van der Waals surface area contributed by atoms with Gasteiger partial charge in [-0.05, 0) is 38.0 Å². The summed E-state index contributed by atoms with van der Waals surface area (Å²) in [5.41, 5.74) is 0.700. The molecule has 2 atom stereocenters. The quantitative estimate of drug-likeness (QED) is 0.810. The number of furan rings is 1. The molecule has 0 saturated carbocycles. The summed E-state index contributed by atoms with van der Waals surface area (Å²) in [6, 6.07) is 9.04. The molecule has 0 unspecified atom stereocenters. The normalized spacial score (nSPS) is 22.9. The fourth-order valence-corrected chi connectivity index (χ4v) is 4.14. The standard InChI is InChI=1S/C21H26ClNO4/c1-3-8-21(13-24)9-10-23(12-19(21)25)20(26)16-11-18(27-14(16)2)15-6-4-5-7-17(15)22/h4-7,11,19,24-25H,3,8-10,12-13H2,1-2H3/t19-,21+/m0/s1. The second kappa shape index (κ2) is 8.05. The zero-order valence-corrected chi connectivity index (χ0v) is 16.5. The van der Waals surface area contributed by atoms with Gasteiger partial charge in [-0.3, -0.25) is 4.79 Å². The number of aryl methyl sites for hydroxylation is 1. The van der Waals surface area contributed by atoms with Crippen LogP contribution in [0.1, 0.15) is 42.3 Å². The molecule has 1 aliphatic heterocycles. The number of nitrogens with zero attached hydrogens (tertiary/aromatic N) is 1. The molecule has 1 saturated heterocycles. The van der Waals surface area contributed by atoms with Gasteiger partial charge in [0.15, 0.2) is 0 Å². The van der Waals surface area contributed by atoms with Crippen molar-refractivity contribution in [2.24, 2.45) is 5.41 Å². The van der Waals surface area contributed by atoms with Crippen molar-refractivity contribution in [3.8, 4) is 11.3 Å². The molecule has 1 aromatic heterocycles. The van der Waals surface area contributed by atoms with Crippen molar-refractivity contribution in [1.29, 1.82) is 0 Å². The van der Waals surface area contributed by atoms with Gasteiger partial charge in [0.2, 0.25) is 0 Å². The molecule has 1 aliphatic rings. The lowest BCUT2D eigenvalue weighted by Gasteiger charge is -2.44. The third-order valence-electron chi connectivity index (χ3n) is 5.62. The minimum atomic E-state index is -0.740. The van der Waals surface area contributed by atoms with Crippen LogP contribution in [0.5, 0.6) is 0 Å². The lowest BCUT2D eigenvalue weighted by Crippen LogP contribution is -2.54. The van der Waals surface area contributed by atoms with Gasteiger partial charge in [-0.1, -0.05) is 37.1 Å². The van der Waals surface area contributed by atoms with E-state index >= 15 is 0 Å². The Kier molecular flexibility index (Phi) is 5.94. The van der Waals surface area contributed by atoms with E-state index < -0.39 is 11.5 Å². The van der Waals surface area contributed by atoms with Gasteiger partial charge >= 0.3 is 0 Å². The number of carbonyl (C=O) groups is 1. The molecule has 1 amide bonds. The first kappa shape index (κ1) is 19.9. The maximum atomic E-state index is 13.0. The molecule has 1 aromatic carbocycles. The number of aliphatic hydroxyl groups is 2. The summed E-state index contributed by atoms with van der Waals surface area (Å²) in [5.74, 6) is 0.906. The van der Waals surface area contributed by atoms with Crippen LogP contribution in [0, 0.1) is 12.3 Å². The Bertz CT molecular complexity index is 818. The molecule has 0 aliphatic carbocycles. The second-order valence-corrected chi connectivity index (χ2v) is 7.76. The van der Waals surface area contributed by atoms with Gasteiger partial charge in [0.25, 0.3) is 5.91 Å². The Morgan fingerprint density at radius 2 is 2.15 bits per heavy atom. The van der Waals surface area contributed by atoms with Gasteiger partial charge < -0.3 is 19.5 Å². The highest BCUT2D eigenvalue weighted by Crippen LogP contribution is 2.37. The SMILES string of the molecule is CCC[C@]1(CO)CCN(C(=O)c2cc(-c3ccccc3Cl)oc2C)C[C@@H]1O. The number of benzene rings is 1. The van der Waals surface area contributed by atoms with E-state index in [0.29, 0.717) is 35.1 Å². The smallest absolute Gasteiger partial charge is 0.257 e. The summed E-state index contributed by atoms with van der Waals surface area (Å²) in [6.45, 7) is 4.44. The molecule has 3 rings (SSSR count). The summed E-state index contributed by atoms with van der Waals surface area (Å²) >= 11 is 6.23. The first-order valence-electron chi connectivity index (χ1n) is 9.35. The summed E-state index contributed by atoms with van der Waals surface area (Å²) in [7, 11) is 0. The van der Waals surface area contributed by atoms with Gasteiger partial charge in [0.1, 0.15) is 11.5 Å². The van der Waals surface area contributed by atoms with Gasteiger partial charge in [-0.2, -0.15) is 0 Å². The average molecular weight is 392 g/mol. The van der Waals surface area contributed by atoms with Crippen molar-refractivity contribution < 1.29 is 19.4 Å². The van der Waals surface area contributed by atoms with E-state index in [9.17, 15) is 15.0 Å². The van der Waals surface area contributed by atoms with Gasteiger partial charge in [-0.15, -0.1) is 0 Å². The number of halogens is 1. The van der Waals surface area contributed by atoms with Crippen LogP contribution in [-0.2, 0) is 0 Å². The number of hydrogen-bond acceptors (Lipinski definition) is 4. The van der Waals surface area contributed by atoms with Crippen LogP contribution in [0.2, 0.25) is 5.02 Å². The maximum Gasteiger partial charge on any atom is 0.257 e. The fraction of sp³-hybridized carbons (Fsp3) is 0.476. The van der Waals surface area contributed by atoms with Crippen LogP contribution in [0.15, 0.2) is 34.7 Å². The predicted octanol–water partition coefficient (Wildman–Crippen LogP) is 3.89. The summed E-state index contributed by atoms with van der Waals surface area (Å²) in [6.07, 6.45) is 1.47. The van der Waals surface area contributed by atoms with Crippen molar-refractivity contribution in [2.75, 3.05) is 19.7 Å². The van der Waals surface area contributed by atoms with E-state index in [0.717, 1.165) is 18.4 Å². The average Bonchev–Trinajstić information content (AvgIpc) is 3.04. The largest absolute Gasteiger partial charge is 0.460 e. The molecule has 27 heavy (non-hydrogen) atoms. The van der Waals surface area contributed by atoms with E-state index in [-0.39, 0.29) is 19.1 Å². The molecule has 0 bridgehead atoms. The maximum absolute atomic E-state index is 13.0. The molecule has 146 valence electrons. The summed E-state index contributed by atoms with van der Waals surface area (Å²) in [5, 5.41) is 21.0. The van der Waals surface area contributed by atoms with Crippen LogP contribution >= 0.6 is 11.6 Å². The van der Waals surface area contributed by atoms with E-state index in [4.69, 9.17) is 16.0 Å². The number of hydrogen-bond donors (Lipinski definition) is 2. The highest BCUT2D eigenvalue weighted by atomic mass is 35.5. The van der Waals surface area contributed by atoms with Crippen molar-refractivity contribution in [1.82, 2.24) is 4.90 Å². The van der Waals surface area contributed by atoms with Gasteiger partial charge in [0, 0.05) is 24.1 Å². The molecule has 0 radical (unpaired) electrons. The van der Waals surface area contributed by atoms with Crippen LogP contribution in [0.4, 0.5) is 0 Å². The summed E-state index contributed by atoms with van der Waals surface area (Å²) in [4.78, 5) is 14.7. The molecule has 5 nitrogen and oxygen atoms in total. The predicted molar refractivity (Wildman–Crippen MR) is 105 cm³/mol. The first-order valence-corrected chi connectivity index (χ1v) is 9.73. The van der Waals surface area contributed by atoms with E-state index in [2.05, 4.69) is 0 Å². The highest BCUT2D eigenvalue weighted by Gasteiger charge is 2.42. The van der Waals surface area contributed by atoms with E-state index in [1.165, 1.54) is 0 Å².